The normalized spacial score (nSPS) is 13.1. The van der Waals surface area contributed by atoms with Gasteiger partial charge in [-0.3, -0.25) is 4.79 Å². The molecule has 0 aromatic heterocycles. The van der Waals surface area contributed by atoms with E-state index in [2.05, 4.69) is 5.32 Å². The topological polar surface area (TPSA) is 32.3 Å². The van der Waals surface area contributed by atoms with Crippen molar-refractivity contribution in [1.29, 1.82) is 0 Å². The molecular weight excluding hydrogens is 293 g/mol. The molecule has 0 radical (unpaired) electrons. The molecule has 0 saturated heterocycles. The van der Waals surface area contributed by atoms with Crippen LogP contribution in [0.25, 0.3) is 0 Å². The number of rotatable bonds is 3. The van der Waals surface area contributed by atoms with Crippen molar-refractivity contribution >= 4 is 17.3 Å². The molecule has 0 unspecified atom stereocenters. The summed E-state index contributed by atoms with van der Waals surface area (Å²) in [5.41, 5.74) is 1.68. The van der Waals surface area contributed by atoms with Crippen LogP contribution in [-0.2, 0) is 11.2 Å². The lowest BCUT2D eigenvalue weighted by atomic mass is 10.2. The van der Waals surface area contributed by atoms with Crippen LogP contribution in [0, 0.1) is 17.5 Å². The van der Waals surface area contributed by atoms with Gasteiger partial charge in [-0.15, -0.1) is 0 Å². The maximum atomic E-state index is 13.5. The molecule has 1 aliphatic rings. The number of hydrogen-bond acceptors (Lipinski definition) is 2. The fraction of sp³-hybridized carbons (Fsp3) is 0.188. The first kappa shape index (κ1) is 14.4. The third-order valence-corrected chi connectivity index (χ3v) is 3.65. The summed E-state index contributed by atoms with van der Waals surface area (Å²) in [5.74, 6) is -4.39. The molecule has 3 nitrogen and oxygen atoms in total. The van der Waals surface area contributed by atoms with Gasteiger partial charge in [0.15, 0.2) is 17.5 Å². The Hall–Kier alpha value is -2.50. The number of anilines is 2. The number of carbonyl (C=O) groups is 1. The van der Waals surface area contributed by atoms with Crippen LogP contribution < -0.4 is 10.2 Å². The van der Waals surface area contributed by atoms with Gasteiger partial charge >= 0.3 is 0 Å². The van der Waals surface area contributed by atoms with Gasteiger partial charge in [-0.25, -0.2) is 13.2 Å². The zero-order valence-electron chi connectivity index (χ0n) is 11.6. The molecule has 22 heavy (non-hydrogen) atoms. The first-order chi connectivity index (χ1) is 10.6. The predicted octanol–water partition coefficient (Wildman–Crippen LogP) is 3.11. The summed E-state index contributed by atoms with van der Waals surface area (Å²) in [6, 6.07) is 9.42. The van der Waals surface area contributed by atoms with Gasteiger partial charge in [-0.2, -0.15) is 0 Å². The quantitative estimate of drug-likeness (QED) is 0.884. The molecule has 0 bridgehead atoms. The molecule has 114 valence electrons. The van der Waals surface area contributed by atoms with Crippen molar-refractivity contribution in [2.75, 3.05) is 23.3 Å². The van der Waals surface area contributed by atoms with E-state index in [0.29, 0.717) is 6.54 Å². The standard InChI is InChI=1S/C16H13F3N2O/c17-11-5-6-12(16(19)15(11)18)20-9-14(22)21-8-7-10-3-1-2-4-13(10)21/h1-6,20H,7-9H2. The van der Waals surface area contributed by atoms with Crippen molar-refractivity contribution < 1.29 is 18.0 Å². The Morgan fingerprint density at radius 3 is 2.68 bits per heavy atom. The summed E-state index contributed by atoms with van der Waals surface area (Å²) < 4.78 is 39.5. The Kier molecular flexibility index (Phi) is 3.75. The zero-order chi connectivity index (χ0) is 15.7. The summed E-state index contributed by atoms with van der Waals surface area (Å²) in [6.07, 6.45) is 0.765. The molecule has 1 amide bonds. The Morgan fingerprint density at radius 2 is 1.86 bits per heavy atom. The second-order valence-corrected chi connectivity index (χ2v) is 5.00. The van der Waals surface area contributed by atoms with Gasteiger partial charge in [-0.05, 0) is 30.2 Å². The highest BCUT2D eigenvalue weighted by atomic mass is 19.2. The van der Waals surface area contributed by atoms with Crippen LogP contribution in [0.1, 0.15) is 5.56 Å². The number of hydrogen-bond donors (Lipinski definition) is 1. The highest BCUT2D eigenvalue weighted by molar-refractivity contribution is 5.98. The summed E-state index contributed by atoms with van der Waals surface area (Å²) in [4.78, 5) is 13.8. The molecule has 0 aliphatic carbocycles. The number of nitrogens with one attached hydrogen (secondary N) is 1. The molecule has 2 aromatic carbocycles. The van der Waals surface area contributed by atoms with Crippen molar-refractivity contribution in [3.05, 3.63) is 59.4 Å². The number of carbonyl (C=O) groups excluding carboxylic acids is 1. The lowest BCUT2D eigenvalue weighted by Gasteiger charge is -2.18. The zero-order valence-corrected chi connectivity index (χ0v) is 11.6. The smallest absolute Gasteiger partial charge is 0.246 e. The van der Waals surface area contributed by atoms with E-state index in [1.807, 2.05) is 24.3 Å². The minimum absolute atomic E-state index is 0.198. The van der Waals surface area contributed by atoms with Crippen LogP contribution in [0.2, 0.25) is 0 Å². The van der Waals surface area contributed by atoms with Gasteiger partial charge in [0.05, 0.1) is 12.2 Å². The van der Waals surface area contributed by atoms with Crippen LogP contribution in [0.4, 0.5) is 24.5 Å². The largest absolute Gasteiger partial charge is 0.374 e. The van der Waals surface area contributed by atoms with E-state index in [1.54, 1.807) is 4.90 Å². The summed E-state index contributed by atoms with van der Waals surface area (Å²) in [5, 5.41) is 2.52. The third kappa shape index (κ3) is 2.52. The lowest BCUT2D eigenvalue weighted by Crippen LogP contribution is -2.34. The van der Waals surface area contributed by atoms with Gasteiger partial charge in [0.1, 0.15) is 0 Å². The maximum absolute atomic E-state index is 13.5. The van der Waals surface area contributed by atoms with Gasteiger partial charge < -0.3 is 10.2 Å². The molecule has 1 aliphatic heterocycles. The number of benzene rings is 2. The minimum Gasteiger partial charge on any atom is -0.374 e. The molecule has 1 N–H and O–H groups in total. The molecule has 0 fully saturated rings. The summed E-state index contributed by atoms with van der Waals surface area (Å²) >= 11 is 0. The van der Waals surface area contributed by atoms with E-state index in [1.165, 1.54) is 0 Å². The van der Waals surface area contributed by atoms with Crippen LogP contribution in [-0.4, -0.2) is 19.0 Å². The average molecular weight is 306 g/mol. The molecule has 2 aromatic rings. The Balaban J connectivity index is 1.70. The third-order valence-electron chi connectivity index (χ3n) is 3.65. The fourth-order valence-corrected chi connectivity index (χ4v) is 2.53. The van der Waals surface area contributed by atoms with Crippen molar-refractivity contribution in [2.24, 2.45) is 0 Å². The summed E-state index contributed by atoms with van der Waals surface area (Å²) in [6.45, 7) is 0.358. The molecule has 0 atom stereocenters. The second-order valence-electron chi connectivity index (χ2n) is 5.00. The van der Waals surface area contributed by atoms with Crippen molar-refractivity contribution in [1.82, 2.24) is 0 Å². The first-order valence-corrected chi connectivity index (χ1v) is 6.83. The molecule has 1 heterocycles. The van der Waals surface area contributed by atoms with E-state index in [0.717, 1.165) is 29.8 Å². The maximum Gasteiger partial charge on any atom is 0.246 e. The van der Waals surface area contributed by atoms with Crippen LogP contribution >= 0.6 is 0 Å². The SMILES string of the molecule is O=C(CNc1ccc(F)c(F)c1F)N1CCc2ccccc21. The van der Waals surface area contributed by atoms with Gasteiger partial charge in [0.2, 0.25) is 5.91 Å². The van der Waals surface area contributed by atoms with Gasteiger partial charge in [-0.1, -0.05) is 18.2 Å². The molecular formula is C16H13F3N2O. The van der Waals surface area contributed by atoms with E-state index in [9.17, 15) is 18.0 Å². The van der Waals surface area contributed by atoms with Gasteiger partial charge in [0, 0.05) is 12.2 Å². The average Bonchev–Trinajstić information content (AvgIpc) is 2.96. The Bertz CT molecular complexity index is 733. The van der Waals surface area contributed by atoms with E-state index in [4.69, 9.17) is 0 Å². The highest BCUT2D eigenvalue weighted by Gasteiger charge is 2.24. The monoisotopic (exact) mass is 306 g/mol. The number of nitrogens with zero attached hydrogens (tertiary/aromatic N) is 1. The van der Waals surface area contributed by atoms with Crippen molar-refractivity contribution in [2.45, 2.75) is 6.42 Å². The second kappa shape index (κ2) is 5.71. The van der Waals surface area contributed by atoms with Crippen molar-refractivity contribution in [3.8, 4) is 0 Å². The van der Waals surface area contributed by atoms with Crippen molar-refractivity contribution in [3.63, 3.8) is 0 Å². The Labute approximate surface area is 125 Å². The lowest BCUT2D eigenvalue weighted by molar-refractivity contribution is -0.116. The number of halogens is 3. The van der Waals surface area contributed by atoms with Gasteiger partial charge in [0.25, 0.3) is 0 Å². The van der Waals surface area contributed by atoms with E-state index >= 15 is 0 Å². The summed E-state index contributed by atoms with van der Waals surface area (Å²) in [7, 11) is 0. The highest BCUT2D eigenvalue weighted by Crippen LogP contribution is 2.27. The van der Waals surface area contributed by atoms with E-state index in [-0.39, 0.29) is 18.1 Å². The first-order valence-electron chi connectivity index (χ1n) is 6.83. The number of fused-ring (bicyclic) bond motifs is 1. The van der Waals surface area contributed by atoms with Crippen LogP contribution in [0.5, 0.6) is 0 Å². The Morgan fingerprint density at radius 1 is 1.09 bits per heavy atom. The molecule has 3 rings (SSSR count). The fourth-order valence-electron chi connectivity index (χ4n) is 2.53. The number of para-hydroxylation sites is 1. The molecule has 0 spiro atoms. The van der Waals surface area contributed by atoms with Crippen LogP contribution in [0.3, 0.4) is 0 Å². The van der Waals surface area contributed by atoms with Crippen LogP contribution in [0.15, 0.2) is 36.4 Å². The predicted molar refractivity (Wildman–Crippen MR) is 77.3 cm³/mol. The van der Waals surface area contributed by atoms with E-state index < -0.39 is 17.5 Å². The minimum atomic E-state index is -1.55. The molecule has 0 saturated carbocycles. The molecule has 6 heteroatoms. The number of amides is 1.